The van der Waals surface area contributed by atoms with Gasteiger partial charge in [0.25, 0.3) is 0 Å². The van der Waals surface area contributed by atoms with E-state index in [9.17, 15) is 4.79 Å². The molecule has 1 heterocycles. The molecule has 1 aliphatic heterocycles. The SMILES string of the molecule is O=C(Nc1cc(Cl)cc(Cl)c1)C1CCCOC1. The topological polar surface area (TPSA) is 38.3 Å². The monoisotopic (exact) mass is 273 g/mol. The molecule has 0 aliphatic carbocycles. The van der Waals surface area contributed by atoms with Crippen LogP contribution in [0, 0.1) is 5.92 Å². The summed E-state index contributed by atoms with van der Waals surface area (Å²) in [6, 6.07) is 4.98. The highest BCUT2D eigenvalue weighted by Gasteiger charge is 2.21. The van der Waals surface area contributed by atoms with Crippen LogP contribution in [0.25, 0.3) is 0 Å². The number of carbonyl (C=O) groups excluding carboxylic acids is 1. The van der Waals surface area contributed by atoms with E-state index in [-0.39, 0.29) is 11.8 Å². The highest BCUT2D eigenvalue weighted by atomic mass is 35.5. The highest BCUT2D eigenvalue weighted by molar-refractivity contribution is 6.35. The van der Waals surface area contributed by atoms with E-state index in [1.54, 1.807) is 18.2 Å². The molecule has 0 bridgehead atoms. The Hall–Kier alpha value is -0.770. The maximum absolute atomic E-state index is 11.9. The van der Waals surface area contributed by atoms with Gasteiger partial charge in [-0.15, -0.1) is 0 Å². The number of anilines is 1. The summed E-state index contributed by atoms with van der Waals surface area (Å²) in [6.45, 7) is 1.23. The van der Waals surface area contributed by atoms with E-state index in [4.69, 9.17) is 27.9 Å². The number of halogens is 2. The molecule has 3 nitrogen and oxygen atoms in total. The third kappa shape index (κ3) is 3.60. The average molecular weight is 274 g/mol. The minimum absolute atomic E-state index is 0.0389. The molecule has 1 aromatic rings. The number of benzene rings is 1. The van der Waals surface area contributed by atoms with Crippen molar-refractivity contribution in [3.8, 4) is 0 Å². The van der Waals surface area contributed by atoms with Crippen molar-refractivity contribution in [3.63, 3.8) is 0 Å². The summed E-state index contributed by atoms with van der Waals surface area (Å²) in [4.78, 5) is 11.9. The van der Waals surface area contributed by atoms with Gasteiger partial charge in [0.2, 0.25) is 5.91 Å². The molecule has 1 atom stereocenters. The summed E-state index contributed by atoms with van der Waals surface area (Å²) in [5.74, 6) is -0.121. The van der Waals surface area contributed by atoms with Crippen molar-refractivity contribution in [1.29, 1.82) is 0 Å². The Bertz CT molecular complexity index is 397. The maximum Gasteiger partial charge on any atom is 0.229 e. The molecule has 5 heteroatoms. The predicted octanol–water partition coefficient (Wildman–Crippen LogP) is 3.36. The molecule has 0 spiro atoms. The van der Waals surface area contributed by atoms with E-state index in [1.165, 1.54) is 0 Å². The largest absolute Gasteiger partial charge is 0.381 e. The van der Waals surface area contributed by atoms with Crippen molar-refractivity contribution in [3.05, 3.63) is 28.2 Å². The van der Waals surface area contributed by atoms with Crippen LogP contribution in [0.2, 0.25) is 10.0 Å². The number of carbonyl (C=O) groups is 1. The minimum atomic E-state index is -0.0819. The first-order chi connectivity index (χ1) is 8.15. The van der Waals surface area contributed by atoms with Crippen LogP contribution in [0.3, 0.4) is 0 Å². The van der Waals surface area contributed by atoms with Crippen molar-refractivity contribution in [2.45, 2.75) is 12.8 Å². The number of amides is 1. The van der Waals surface area contributed by atoms with Gasteiger partial charge < -0.3 is 10.1 Å². The second-order valence-corrected chi connectivity index (χ2v) is 4.93. The molecule has 2 rings (SSSR count). The molecule has 1 unspecified atom stereocenters. The van der Waals surface area contributed by atoms with Gasteiger partial charge in [-0.05, 0) is 31.0 Å². The van der Waals surface area contributed by atoms with Crippen LogP contribution in [-0.4, -0.2) is 19.1 Å². The molecule has 1 saturated heterocycles. The quantitative estimate of drug-likeness (QED) is 0.898. The number of hydrogen-bond donors (Lipinski definition) is 1. The Labute approximate surface area is 110 Å². The molecule has 1 aliphatic rings. The van der Waals surface area contributed by atoms with Gasteiger partial charge >= 0.3 is 0 Å². The Balaban J connectivity index is 2.01. The maximum atomic E-state index is 11.9. The molecule has 1 amide bonds. The van der Waals surface area contributed by atoms with Gasteiger partial charge in [-0.1, -0.05) is 23.2 Å². The van der Waals surface area contributed by atoms with E-state index in [0.717, 1.165) is 19.4 Å². The summed E-state index contributed by atoms with van der Waals surface area (Å²) >= 11 is 11.7. The van der Waals surface area contributed by atoms with Gasteiger partial charge in [0.05, 0.1) is 12.5 Å². The molecule has 0 saturated carbocycles. The zero-order chi connectivity index (χ0) is 12.3. The summed E-state index contributed by atoms with van der Waals surface area (Å²) in [7, 11) is 0. The Morgan fingerprint density at radius 2 is 2.00 bits per heavy atom. The third-order valence-corrected chi connectivity index (χ3v) is 3.10. The first-order valence-electron chi connectivity index (χ1n) is 5.50. The van der Waals surface area contributed by atoms with Gasteiger partial charge in [-0.2, -0.15) is 0 Å². The summed E-state index contributed by atoms with van der Waals surface area (Å²) in [6.07, 6.45) is 1.79. The Kier molecular flexibility index (Phi) is 4.26. The number of rotatable bonds is 2. The fourth-order valence-electron chi connectivity index (χ4n) is 1.82. The third-order valence-electron chi connectivity index (χ3n) is 2.66. The van der Waals surface area contributed by atoms with E-state index < -0.39 is 0 Å². The second kappa shape index (κ2) is 5.71. The van der Waals surface area contributed by atoms with Crippen molar-refractivity contribution < 1.29 is 9.53 Å². The lowest BCUT2D eigenvalue weighted by Crippen LogP contribution is -2.30. The Morgan fingerprint density at radius 3 is 2.59 bits per heavy atom. The van der Waals surface area contributed by atoms with Gasteiger partial charge in [0, 0.05) is 22.3 Å². The zero-order valence-corrected chi connectivity index (χ0v) is 10.7. The normalized spacial score (nSPS) is 20.0. The molecular weight excluding hydrogens is 261 g/mol. The second-order valence-electron chi connectivity index (χ2n) is 4.06. The van der Waals surface area contributed by atoms with Crippen LogP contribution >= 0.6 is 23.2 Å². The summed E-state index contributed by atoms with van der Waals surface area (Å²) in [5, 5.41) is 3.82. The highest BCUT2D eigenvalue weighted by Crippen LogP contribution is 2.23. The molecule has 17 heavy (non-hydrogen) atoms. The van der Waals surface area contributed by atoms with Crippen LogP contribution in [0.4, 0.5) is 5.69 Å². The van der Waals surface area contributed by atoms with Crippen LogP contribution in [0.5, 0.6) is 0 Å². The van der Waals surface area contributed by atoms with Crippen molar-refractivity contribution in [2.24, 2.45) is 5.92 Å². The van der Waals surface area contributed by atoms with E-state index >= 15 is 0 Å². The lowest BCUT2D eigenvalue weighted by molar-refractivity contribution is -0.123. The van der Waals surface area contributed by atoms with Crippen molar-refractivity contribution >= 4 is 34.8 Å². The first-order valence-corrected chi connectivity index (χ1v) is 6.25. The van der Waals surface area contributed by atoms with Crippen LogP contribution in [0.1, 0.15) is 12.8 Å². The smallest absolute Gasteiger partial charge is 0.229 e. The molecular formula is C12H13Cl2NO2. The van der Waals surface area contributed by atoms with Gasteiger partial charge in [-0.3, -0.25) is 4.79 Å². The zero-order valence-electron chi connectivity index (χ0n) is 9.21. The molecule has 1 aromatic carbocycles. The molecule has 0 aromatic heterocycles. The summed E-state index contributed by atoms with van der Waals surface area (Å²) in [5.41, 5.74) is 0.623. The average Bonchev–Trinajstić information content (AvgIpc) is 2.28. The number of hydrogen-bond acceptors (Lipinski definition) is 2. The van der Waals surface area contributed by atoms with E-state index in [1.807, 2.05) is 0 Å². The van der Waals surface area contributed by atoms with Gasteiger partial charge in [0.15, 0.2) is 0 Å². The van der Waals surface area contributed by atoms with E-state index in [0.29, 0.717) is 22.3 Å². The lowest BCUT2D eigenvalue weighted by Gasteiger charge is -2.21. The van der Waals surface area contributed by atoms with Gasteiger partial charge in [0.1, 0.15) is 0 Å². The fraction of sp³-hybridized carbons (Fsp3) is 0.417. The standard InChI is InChI=1S/C12H13Cl2NO2/c13-9-4-10(14)6-11(5-9)15-12(16)8-2-1-3-17-7-8/h4-6,8H,1-3,7H2,(H,15,16). The first kappa shape index (κ1) is 12.7. The molecule has 92 valence electrons. The number of ether oxygens (including phenoxy) is 1. The fourth-order valence-corrected chi connectivity index (χ4v) is 2.34. The van der Waals surface area contributed by atoms with Crippen LogP contribution in [-0.2, 0) is 9.53 Å². The number of nitrogens with one attached hydrogen (secondary N) is 1. The molecule has 1 fully saturated rings. The van der Waals surface area contributed by atoms with Gasteiger partial charge in [-0.25, -0.2) is 0 Å². The molecule has 1 N–H and O–H groups in total. The predicted molar refractivity (Wildman–Crippen MR) is 68.6 cm³/mol. The Morgan fingerprint density at radius 1 is 1.29 bits per heavy atom. The van der Waals surface area contributed by atoms with Crippen molar-refractivity contribution in [1.82, 2.24) is 0 Å². The van der Waals surface area contributed by atoms with E-state index in [2.05, 4.69) is 5.32 Å². The lowest BCUT2D eigenvalue weighted by atomic mass is 10.0. The van der Waals surface area contributed by atoms with Crippen LogP contribution in [0.15, 0.2) is 18.2 Å². The summed E-state index contributed by atoms with van der Waals surface area (Å²) < 4.78 is 5.28. The minimum Gasteiger partial charge on any atom is -0.381 e. The molecule has 0 radical (unpaired) electrons. The van der Waals surface area contributed by atoms with Crippen molar-refractivity contribution in [2.75, 3.05) is 18.5 Å². The van der Waals surface area contributed by atoms with Crippen LogP contribution < -0.4 is 5.32 Å².